The molecule has 1 aromatic heterocycles. The number of nitrogens with one attached hydrogen (secondary N) is 1. The van der Waals surface area contributed by atoms with Crippen LogP contribution in [0.2, 0.25) is 0 Å². The van der Waals surface area contributed by atoms with E-state index in [4.69, 9.17) is 4.74 Å². The van der Waals surface area contributed by atoms with Crippen LogP contribution in [0.15, 0.2) is 12.7 Å². The molecule has 0 radical (unpaired) electrons. The zero-order valence-corrected chi connectivity index (χ0v) is 14.7. The molecule has 1 N–H and O–H groups in total. The maximum absolute atomic E-state index is 12.2. The first kappa shape index (κ1) is 18.9. The van der Waals surface area contributed by atoms with E-state index in [9.17, 15) is 14.4 Å². The van der Waals surface area contributed by atoms with Gasteiger partial charge >= 0.3 is 5.97 Å². The zero-order valence-electron chi connectivity index (χ0n) is 13.9. The molecule has 0 bridgehead atoms. The largest absolute Gasteiger partial charge is 0.462 e. The van der Waals surface area contributed by atoms with Crippen LogP contribution >= 0.6 is 11.3 Å². The van der Waals surface area contributed by atoms with E-state index in [1.807, 2.05) is 13.8 Å². The summed E-state index contributed by atoms with van der Waals surface area (Å²) in [6, 6.07) is 0. The number of amides is 2. The first-order chi connectivity index (χ1) is 10.8. The van der Waals surface area contributed by atoms with Crippen LogP contribution in [-0.4, -0.2) is 42.4 Å². The Morgan fingerprint density at radius 2 is 2.00 bits per heavy atom. The molecule has 0 aromatic carbocycles. The molecule has 0 spiro atoms. The summed E-state index contributed by atoms with van der Waals surface area (Å²) in [7, 11) is 0. The van der Waals surface area contributed by atoms with Crippen molar-refractivity contribution in [2.45, 2.75) is 27.7 Å². The summed E-state index contributed by atoms with van der Waals surface area (Å²) in [4.78, 5) is 38.0. The van der Waals surface area contributed by atoms with E-state index < -0.39 is 5.97 Å². The molecule has 2 amide bonds. The zero-order chi connectivity index (χ0) is 17.6. The highest BCUT2D eigenvalue weighted by atomic mass is 32.1. The van der Waals surface area contributed by atoms with Gasteiger partial charge in [0.15, 0.2) is 0 Å². The van der Waals surface area contributed by atoms with Gasteiger partial charge in [0.2, 0.25) is 11.8 Å². The van der Waals surface area contributed by atoms with Crippen molar-refractivity contribution < 1.29 is 19.1 Å². The molecule has 0 aliphatic heterocycles. The van der Waals surface area contributed by atoms with Gasteiger partial charge in [-0.05, 0) is 26.3 Å². The SMILES string of the molecule is C=CCN(CC(=O)Nc1sc(C)c(C)c1C(=O)OCC)C(C)=O. The van der Waals surface area contributed by atoms with Gasteiger partial charge in [0.05, 0.1) is 12.2 Å². The fraction of sp³-hybridized carbons (Fsp3) is 0.438. The van der Waals surface area contributed by atoms with Gasteiger partial charge in [-0.2, -0.15) is 0 Å². The molecule has 1 rings (SSSR count). The lowest BCUT2D eigenvalue weighted by atomic mass is 10.1. The van der Waals surface area contributed by atoms with Gasteiger partial charge in [0.1, 0.15) is 11.5 Å². The van der Waals surface area contributed by atoms with Crippen molar-refractivity contribution in [3.8, 4) is 0 Å². The Morgan fingerprint density at radius 3 is 2.52 bits per heavy atom. The average molecular weight is 338 g/mol. The number of nitrogens with zero attached hydrogens (tertiary/aromatic N) is 1. The van der Waals surface area contributed by atoms with Gasteiger partial charge in [-0.1, -0.05) is 6.08 Å². The minimum Gasteiger partial charge on any atom is -0.462 e. The highest BCUT2D eigenvalue weighted by Crippen LogP contribution is 2.33. The topological polar surface area (TPSA) is 75.7 Å². The fourth-order valence-electron chi connectivity index (χ4n) is 1.96. The number of rotatable bonds is 7. The molecule has 126 valence electrons. The molecule has 7 heteroatoms. The van der Waals surface area contributed by atoms with Gasteiger partial charge in [-0.3, -0.25) is 9.59 Å². The van der Waals surface area contributed by atoms with Crippen LogP contribution < -0.4 is 5.32 Å². The van der Waals surface area contributed by atoms with Gasteiger partial charge in [0.25, 0.3) is 0 Å². The second-order valence-electron chi connectivity index (χ2n) is 4.94. The molecule has 23 heavy (non-hydrogen) atoms. The third-order valence-corrected chi connectivity index (χ3v) is 4.37. The molecule has 1 aromatic rings. The summed E-state index contributed by atoms with van der Waals surface area (Å²) >= 11 is 1.32. The molecule has 0 unspecified atom stereocenters. The predicted molar refractivity (Wildman–Crippen MR) is 90.8 cm³/mol. The minimum atomic E-state index is -0.459. The summed E-state index contributed by atoms with van der Waals surface area (Å²) in [5.74, 6) is -1.04. The van der Waals surface area contributed by atoms with Gasteiger partial charge in [0, 0.05) is 18.3 Å². The van der Waals surface area contributed by atoms with Crippen molar-refractivity contribution in [3.63, 3.8) is 0 Å². The molecular formula is C16H22N2O4S. The second kappa shape index (κ2) is 8.47. The van der Waals surface area contributed by atoms with Crippen LogP contribution in [0.3, 0.4) is 0 Å². The Morgan fingerprint density at radius 1 is 1.35 bits per heavy atom. The standard InChI is InChI=1S/C16H22N2O4S/c1-6-8-18(12(5)19)9-13(20)17-15-14(16(21)22-7-2)10(3)11(4)23-15/h6H,1,7-9H2,2-5H3,(H,17,20). The number of thiophene rings is 1. The summed E-state index contributed by atoms with van der Waals surface area (Å²) in [5, 5.41) is 3.16. The van der Waals surface area contributed by atoms with E-state index in [2.05, 4.69) is 11.9 Å². The van der Waals surface area contributed by atoms with Crippen LogP contribution in [0.5, 0.6) is 0 Å². The van der Waals surface area contributed by atoms with E-state index in [0.717, 1.165) is 10.4 Å². The van der Waals surface area contributed by atoms with Crippen LogP contribution in [0.4, 0.5) is 5.00 Å². The van der Waals surface area contributed by atoms with E-state index in [0.29, 0.717) is 10.6 Å². The van der Waals surface area contributed by atoms with Crippen LogP contribution in [-0.2, 0) is 14.3 Å². The number of hydrogen-bond donors (Lipinski definition) is 1. The number of carbonyl (C=O) groups is 3. The highest BCUT2D eigenvalue weighted by molar-refractivity contribution is 7.16. The Bertz CT molecular complexity index is 622. The minimum absolute atomic E-state index is 0.0976. The van der Waals surface area contributed by atoms with Gasteiger partial charge in [-0.25, -0.2) is 4.79 Å². The van der Waals surface area contributed by atoms with E-state index in [-0.39, 0.29) is 31.5 Å². The lowest BCUT2D eigenvalue weighted by Crippen LogP contribution is -2.36. The molecule has 0 aliphatic rings. The summed E-state index contributed by atoms with van der Waals surface area (Å²) in [6.45, 7) is 10.8. The normalized spacial score (nSPS) is 10.1. The third-order valence-electron chi connectivity index (χ3n) is 3.25. The Labute approximate surface area is 140 Å². The number of anilines is 1. The van der Waals surface area contributed by atoms with Crippen molar-refractivity contribution in [3.05, 3.63) is 28.7 Å². The van der Waals surface area contributed by atoms with Crippen LogP contribution in [0.1, 0.15) is 34.6 Å². The second-order valence-corrected chi connectivity index (χ2v) is 6.17. The quantitative estimate of drug-likeness (QED) is 0.612. The van der Waals surface area contributed by atoms with Crippen LogP contribution in [0.25, 0.3) is 0 Å². The molecule has 0 atom stereocenters. The lowest BCUT2D eigenvalue weighted by molar-refractivity contribution is -0.132. The molecule has 0 aliphatic carbocycles. The monoisotopic (exact) mass is 338 g/mol. The highest BCUT2D eigenvalue weighted by Gasteiger charge is 2.22. The third kappa shape index (κ3) is 4.92. The van der Waals surface area contributed by atoms with Crippen LogP contribution in [0, 0.1) is 13.8 Å². The van der Waals surface area contributed by atoms with E-state index >= 15 is 0 Å². The summed E-state index contributed by atoms with van der Waals surface area (Å²) in [5.41, 5.74) is 1.17. The number of hydrogen-bond acceptors (Lipinski definition) is 5. The Kier molecular flexibility index (Phi) is 6.96. The average Bonchev–Trinajstić information content (AvgIpc) is 2.73. The Balaban J connectivity index is 2.93. The molecule has 0 fully saturated rings. The fourth-order valence-corrected chi connectivity index (χ4v) is 3.03. The smallest absolute Gasteiger partial charge is 0.341 e. The van der Waals surface area contributed by atoms with E-state index in [1.165, 1.54) is 23.2 Å². The molecule has 0 saturated carbocycles. The first-order valence-corrected chi connectivity index (χ1v) is 8.06. The number of ether oxygens (including phenoxy) is 1. The molecular weight excluding hydrogens is 316 g/mol. The maximum atomic E-state index is 12.2. The molecule has 0 saturated heterocycles. The van der Waals surface area contributed by atoms with E-state index in [1.54, 1.807) is 13.0 Å². The van der Waals surface area contributed by atoms with Gasteiger partial charge < -0.3 is 15.0 Å². The van der Waals surface area contributed by atoms with Crippen molar-refractivity contribution in [1.29, 1.82) is 0 Å². The van der Waals surface area contributed by atoms with Gasteiger partial charge in [-0.15, -0.1) is 17.9 Å². The summed E-state index contributed by atoms with van der Waals surface area (Å²) < 4.78 is 5.04. The number of aryl methyl sites for hydroxylation is 1. The van der Waals surface area contributed by atoms with Crippen molar-refractivity contribution in [2.75, 3.05) is 25.0 Å². The summed E-state index contributed by atoms with van der Waals surface area (Å²) in [6.07, 6.45) is 1.55. The first-order valence-electron chi connectivity index (χ1n) is 7.25. The maximum Gasteiger partial charge on any atom is 0.341 e. The lowest BCUT2D eigenvalue weighted by Gasteiger charge is -2.18. The number of carbonyl (C=O) groups excluding carboxylic acids is 3. The van der Waals surface area contributed by atoms with Crippen molar-refractivity contribution >= 4 is 34.1 Å². The molecule has 6 nitrogen and oxygen atoms in total. The van der Waals surface area contributed by atoms with Crippen molar-refractivity contribution in [1.82, 2.24) is 4.90 Å². The number of esters is 1. The predicted octanol–water partition coefficient (Wildman–Crippen LogP) is 2.51. The van der Waals surface area contributed by atoms with Crippen molar-refractivity contribution in [2.24, 2.45) is 0 Å². The Hall–Kier alpha value is -2.15. The molecule has 1 heterocycles.